The summed E-state index contributed by atoms with van der Waals surface area (Å²) in [6.07, 6.45) is 2.87. The van der Waals surface area contributed by atoms with Gasteiger partial charge in [0.05, 0.1) is 24.6 Å². The molecule has 212 valence electrons. The Morgan fingerprint density at radius 3 is 2.42 bits per heavy atom. The summed E-state index contributed by atoms with van der Waals surface area (Å²) in [6.45, 7) is 10.1. The first kappa shape index (κ1) is 27.5. The molecule has 2 aliphatic heterocycles. The summed E-state index contributed by atoms with van der Waals surface area (Å²) in [5, 5.41) is 3.29. The molecule has 2 saturated heterocycles. The van der Waals surface area contributed by atoms with Gasteiger partial charge in [0.25, 0.3) is 0 Å². The van der Waals surface area contributed by atoms with E-state index in [4.69, 9.17) is 24.9 Å². The third-order valence-corrected chi connectivity index (χ3v) is 6.85. The highest BCUT2D eigenvalue weighted by molar-refractivity contribution is 5.70. The Kier molecular flexibility index (Phi) is 8.25. The Hall–Kier alpha value is -4.05. The van der Waals surface area contributed by atoms with Gasteiger partial charge in [-0.25, -0.2) is 14.8 Å². The van der Waals surface area contributed by atoms with Crippen molar-refractivity contribution in [3.63, 3.8) is 0 Å². The van der Waals surface area contributed by atoms with Crippen molar-refractivity contribution in [2.24, 2.45) is 0 Å². The van der Waals surface area contributed by atoms with Gasteiger partial charge in [0, 0.05) is 62.2 Å². The number of nitrogens with zero attached hydrogens (tertiary/aromatic N) is 4. The number of rotatable bonds is 6. The lowest BCUT2D eigenvalue weighted by atomic mass is 10.1. The fourth-order valence-corrected chi connectivity index (χ4v) is 4.76. The summed E-state index contributed by atoms with van der Waals surface area (Å²) in [5.41, 5.74) is 10.1. The molecule has 3 aromatic rings. The first-order valence-corrected chi connectivity index (χ1v) is 13.8. The second kappa shape index (κ2) is 12.0. The van der Waals surface area contributed by atoms with E-state index in [1.165, 1.54) is 5.69 Å². The molecule has 0 atom stereocenters. The summed E-state index contributed by atoms with van der Waals surface area (Å²) < 4.78 is 17.1. The Morgan fingerprint density at radius 2 is 1.75 bits per heavy atom. The Labute approximate surface area is 235 Å². The zero-order valence-corrected chi connectivity index (χ0v) is 23.4. The van der Waals surface area contributed by atoms with Crippen molar-refractivity contribution in [2.45, 2.75) is 45.3 Å². The van der Waals surface area contributed by atoms with Crippen molar-refractivity contribution in [1.82, 2.24) is 14.9 Å². The minimum absolute atomic E-state index is 0.0173. The van der Waals surface area contributed by atoms with Crippen LogP contribution in [0.2, 0.25) is 0 Å². The largest absolute Gasteiger partial charge is 0.488 e. The highest BCUT2D eigenvalue weighted by Crippen LogP contribution is 2.31. The predicted octanol–water partition coefficient (Wildman–Crippen LogP) is 5.08. The second-order valence-electron chi connectivity index (χ2n) is 11.1. The molecule has 0 unspecified atom stereocenters. The van der Waals surface area contributed by atoms with Crippen LogP contribution in [0.1, 0.15) is 33.6 Å². The van der Waals surface area contributed by atoms with Crippen molar-refractivity contribution in [3.05, 3.63) is 54.7 Å². The molecule has 1 aromatic heterocycles. The average Bonchev–Trinajstić information content (AvgIpc) is 2.95. The lowest BCUT2D eigenvalue weighted by Crippen LogP contribution is -2.44. The van der Waals surface area contributed by atoms with E-state index in [2.05, 4.69) is 27.3 Å². The molecule has 0 radical (unpaired) electrons. The minimum Gasteiger partial charge on any atom is -0.488 e. The third kappa shape index (κ3) is 7.12. The zero-order chi connectivity index (χ0) is 28.1. The van der Waals surface area contributed by atoms with Crippen molar-refractivity contribution in [1.29, 1.82) is 0 Å². The van der Waals surface area contributed by atoms with Crippen molar-refractivity contribution in [3.8, 4) is 17.0 Å². The number of hydrogen-bond donors (Lipinski definition) is 2. The number of ether oxygens (including phenoxy) is 3. The van der Waals surface area contributed by atoms with E-state index in [1.54, 1.807) is 11.1 Å². The SMILES string of the molecule is CC(C)(C)OC(=O)N1CCC(Oc2ccc(-c3ccnc(Nc4ccc(N5CCOCC5)cc4)n3)cc2N)CC1. The lowest BCUT2D eigenvalue weighted by Gasteiger charge is -2.33. The summed E-state index contributed by atoms with van der Waals surface area (Å²) in [7, 11) is 0. The van der Waals surface area contributed by atoms with Crippen LogP contribution in [-0.4, -0.2) is 72.1 Å². The number of hydrogen-bond acceptors (Lipinski definition) is 9. The molecule has 1 amide bonds. The molecule has 0 aliphatic carbocycles. The number of nitrogens with one attached hydrogen (secondary N) is 1. The van der Waals surface area contributed by atoms with Gasteiger partial charge in [0.2, 0.25) is 5.95 Å². The molecule has 10 heteroatoms. The first-order valence-electron chi connectivity index (χ1n) is 13.8. The monoisotopic (exact) mass is 546 g/mol. The number of carbonyl (C=O) groups is 1. The molecule has 0 bridgehead atoms. The topological polar surface area (TPSA) is 115 Å². The molecule has 0 spiro atoms. The maximum Gasteiger partial charge on any atom is 0.410 e. The summed E-state index contributed by atoms with van der Waals surface area (Å²) >= 11 is 0. The van der Waals surface area contributed by atoms with Crippen LogP contribution in [0.3, 0.4) is 0 Å². The number of amides is 1. The van der Waals surface area contributed by atoms with Crippen molar-refractivity contribution < 1.29 is 19.0 Å². The van der Waals surface area contributed by atoms with Gasteiger partial charge in [0.1, 0.15) is 17.5 Å². The van der Waals surface area contributed by atoms with E-state index in [0.717, 1.165) is 56.1 Å². The minimum atomic E-state index is -0.504. The number of nitrogen functional groups attached to an aromatic ring is 1. The van der Waals surface area contributed by atoms with Crippen LogP contribution in [0.4, 0.5) is 27.8 Å². The van der Waals surface area contributed by atoms with Crippen LogP contribution >= 0.6 is 0 Å². The van der Waals surface area contributed by atoms with Crippen LogP contribution < -0.4 is 20.7 Å². The van der Waals surface area contributed by atoms with Crippen molar-refractivity contribution >= 4 is 29.1 Å². The number of benzene rings is 2. The molecule has 2 aromatic carbocycles. The molecular weight excluding hydrogens is 508 g/mol. The highest BCUT2D eigenvalue weighted by atomic mass is 16.6. The number of likely N-dealkylation sites (tertiary alicyclic amines) is 1. The van der Waals surface area contributed by atoms with E-state index >= 15 is 0 Å². The quantitative estimate of drug-likeness (QED) is 0.408. The summed E-state index contributed by atoms with van der Waals surface area (Å²) in [6, 6.07) is 15.8. The van der Waals surface area contributed by atoms with Crippen LogP contribution in [0.5, 0.6) is 5.75 Å². The van der Waals surface area contributed by atoms with Gasteiger partial charge in [0.15, 0.2) is 0 Å². The van der Waals surface area contributed by atoms with Gasteiger partial charge in [-0.1, -0.05) is 0 Å². The Bertz CT molecular complexity index is 1300. The molecule has 40 heavy (non-hydrogen) atoms. The van der Waals surface area contributed by atoms with Gasteiger partial charge in [-0.3, -0.25) is 0 Å². The van der Waals surface area contributed by atoms with E-state index in [-0.39, 0.29) is 12.2 Å². The van der Waals surface area contributed by atoms with Gasteiger partial charge in [-0.2, -0.15) is 0 Å². The molecule has 5 rings (SSSR count). The van der Waals surface area contributed by atoms with Crippen LogP contribution in [0.15, 0.2) is 54.7 Å². The first-order chi connectivity index (χ1) is 19.2. The number of piperidine rings is 1. The van der Waals surface area contributed by atoms with E-state index < -0.39 is 5.60 Å². The molecule has 0 saturated carbocycles. The Morgan fingerprint density at radius 1 is 1.02 bits per heavy atom. The van der Waals surface area contributed by atoms with E-state index in [9.17, 15) is 4.79 Å². The van der Waals surface area contributed by atoms with Gasteiger partial charge >= 0.3 is 6.09 Å². The standard InChI is InChI=1S/C30H38N6O4/c1-30(2,3)40-29(37)36-14-11-24(12-15-36)39-27-9-4-21(20-25(27)31)26-10-13-32-28(34-26)33-22-5-7-23(8-6-22)35-16-18-38-19-17-35/h4-10,13,20,24H,11-12,14-19,31H2,1-3H3,(H,32,33,34). The predicted molar refractivity (Wildman–Crippen MR) is 156 cm³/mol. The van der Waals surface area contributed by atoms with Gasteiger partial charge < -0.3 is 35.1 Å². The Balaban J connectivity index is 1.18. The van der Waals surface area contributed by atoms with E-state index in [1.807, 2.05) is 57.2 Å². The number of nitrogens with two attached hydrogens (primary N) is 1. The lowest BCUT2D eigenvalue weighted by molar-refractivity contribution is 0.0127. The molecule has 2 fully saturated rings. The van der Waals surface area contributed by atoms with Gasteiger partial charge in [-0.15, -0.1) is 0 Å². The number of morpholine rings is 1. The smallest absolute Gasteiger partial charge is 0.410 e. The maximum absolute atomic E-state index is 12.3. The average molecular weight is 547 g/mol. The third-order valence-electron chi connectivity index (χ3n) is 6.85. The van der Waals surface area contributed by atoms with Crippen LogP contribution in [-0.2, 0) is 9.47 Å². The van der Waals surface area contributed by atoms with E-state index in [0.29, 0.717) is 30.5 Å². The van der Waals surface area contributed by atoms with Crippen molar-refractivity contribution in [2.75, 3.05) is 55.3 Å². The number of anilines is 4. The molecule has 3 heterocycles. The molecule has 10 nitrogen and oxygen atoms in total. The normalized spacial score (nSPS) is 16.5. The van der Waals surface area contributed by atoms with Gasteiger partial charge in [-0.05, 0) is 69.3 Å². The second-order valence-corrected chi connectivity index (χ2v) is 11.1. The molecule has 3 N–H and O–H groups in total. The molecule has 2 aliphatic rings. The molecular formula is C30H38N6O4. The van der Waals surface area contributed by atoms with Crippen LogP contribution in [0, 0.1) is 0 Å². The fourth-order valence-electron chi connectivity index (χ4n) is 4.76. The van der Waals surface area contributed by atoms with Crippen LogP contribution in [0.25, 0.3) is 11.3 Å². The summed E-state index contributed by atoms with van der Waals surface area (Å²) in [5.74, 6) is 1.14. The highest BCUT2D eigenvalue weighted by Gasteiger charge is 2.28. The number of carbonyl (C=O) groups excluding carboxylic acids is 1. The zero-order valence-electron chi connectivity index (χ0n) is 23.4. The maximum atomic E-state index is 12.3. The number of aromatic nitrogens is 2. The fraction of sp³-hybridized carbons (Fsp3) is 0.433. The summed E-state index contributed by atoms with van der Waals surface area (Å²) in [4.78, 5) is 25.5.